The molecule has 186 valence electrons. The minimum Gasteiger partial charge on any atom is -0.507 e. The van der Waals surface area contributed by atoms with Crippen LogP contribution in [0.1, 0.15) is 36.6 Å². The standard InChI is InChI=1S/C29H29NO6/c1-17(2)36-20-13-11-19(12-14-20)30-26(21-8-6-7-9-23(21)34-4)25(28(32)29(30)33)27(31)22-16-18(3)10-15-24(22)35-5/h6-17,26,31H,1-5H3/b27-25+. The molecule has 1 aliphatic rings. The number of methoxy groups -OCH3 is 2. The quantitative estimate of drug-likeness (QED) is 0.272. The van der Waals surface area contributed by atoms with Gasteiger partial charge in [-0.25, -0.2) is 0 Å². The van der Waals surface area contributed by atoms with Gasteiger partial charge in [-0.1, -0.05) is 29.8 Å². The van der Waals surface area contributed by atoms with Gasteiger partial charge in [0.2, 0.25) is 0 Å². The Balaban J connectivity index is 1.95. The molecule has 1 saturated heterocycles. The van der Waals surface area contributed by atoms with E-state index in [4.69, 9.17) is 14.2 Å². The van der Waals surface area contributed by atoms with Crippen LogP contribution >= 0.6 is 0 Å². The molecule has 0 aliphatic carbocycles. The molecule has 0 saturated carbocycles. The van der Waals surface area contributed by atoms with Gasteiger partial charge in [0, 0.05) is 11.3 Å². The highest BCUT2D eigenvalue weighted by molar-refractivity contribution is 6.51. The minimum atomic E-state index is -0.928. The van der Waals surface area contributed by atoms with Crippen LogP contribution in [0.25, 0.3) is 5.76 Å². The molecule has 0 spiro atoms. The van der Waals surface area contributed by atoms with E-state index in [9.17, 15) is 14.7 Å². The molecule has 3 aromatic rings. The number of rotatable bonds is 7. The Kier molecular flexibility index (Phi) is 7.01. The van der Waals surface area contributed by atoms with E-state index < -0.39 is 17.7 Å². The van der Waals surface area contributed by atoms with Crippen LogP contribution < -0.4 is 19.1 Å². The molecule has 7 heteroatoms. The summed E-state index contributed by atoms with van der Waals surface area (Å²) in [5.74, 6) is -0.351. The van der Waals surface area contributed by atoms with Gasteiger partial charge in [-0.3, -0.25) is 14.5 Å². The van der Waals surface area contributed by atoms with Gasteiger partial charge >= 0.3 is 0 Å². The predicted molar refractivity (Wildman–Crippen MR) is 138 cm³/mol. The molecule has 36 heavy (non-hydrogen) atoms. The van der Waals surface area contributed by atoms with Crippen LogP contribution in [0.5, 0.6) is 17.2 Å². The normalized spacial score (nSPS) is 16.9. The lowest BCUT2D eigenvalue weighted by Gasteiger charge is -2.27. The highest BCUT2D eigenvalue weighted by Gasteiger charge is 2.48. The maximum absolute atomic E-state index is 13.5. The number of carbonyl (C=O) groups is 2. The highest BCUT2D eigenvalue weighted by atomic mass is 16.5. The number of ketones is 1. The lowest BCUT2D eigenvalue weighted by Crippen LogP contribution is -2.29. The molecular formula is C29H29NO6. The Bertz CT molecular complexity index is 1330. The molecule has 1 atom stereocenters. The zero-order valence-electron chi connectivity index (χ0n) is 20.9. The van der Waals surface area contributed by atoms with Crippen molar-refractivity contribution < 1.29 is 28.9 Å². The molecule has 1 heterocycles. The van der Waals surface area contributed by atoms with Gasteiger partial charge in [-0.15, -0.1) is 0 Å². The zero-order valence-corrected chi connectivity index (χ0v) is 20.9. The number of aliphatic hydroxyl groups excluding tert-OH is 1. The lowest BCUT2D eigenvalue weighted by atomic mass is 9.93. The summed E-state index contributed by atoms with van der Waals surface area (Å²) in [6.45, 7) is 5.72. The first-order valence-corrected chi connectivity index (χ1v) is 11.6. The molecule has 4 rings (SSSR count). The summed E-state index contributed by atoms with van der Waals surface area (Å²) >= 11 is 0. The Morgan fingerprint density at radius 2 is 1.58 bits per heavy atom. The van der Waals surface area contributed by atoms with Gasteiger partial charge in [-0.05, 0) is 63.2 Å². The van der Waals surface area contributed by atoms with Gasteiger partial charge < -0.3 is 19.3 Å². The van der Waals surface area contributed by atoms with Crippen molar-refractivity contribution in [2.75, 3.05) is 19.1 Å². The summed E-state index contributed by atoms with van der Waals surface area (Å²) < 4.78 is 16.7. The minimum absolute atomic E-state index is 0.0111. The summed E-state index contributed by atoms with van der Waals surface area (Å²) in [6.07, 6.45) is -0.0111. The second-order valence-electron chi connectivity index (χ2n) is 8.78. The average molecular weight is 488 g/mol. The summed E-state index contributed by atoms with van der Waals surface area (Å²) in [4.78, 5) is 28.3. The van der Waals surface area contributed by atoms with Crippen molar-refractivity contribution in [2.45, 2.75) is 32.9 Å². The third-order valence-corrected chi connectivity index (χ3v) is 5.97. The average Bonchev–Trinajstić information content (AvgIpc) is 3.13. The first kappa shape index (κ1) is 24.9. The monoisotopic (exact) mass is 487 g/mol. The van der Waals surface area contributed by atoms with E-state index in [0.29, 0.717) is 34.1 Å². The number of ether oxygens (including phenoxy) is 3. The molecule has 0 radical (unpaired) electrons. The van der Waals surface area contributed by atoms with Crippen LogP contribution in [0.3, 0.4) is 0 Å². The third-order valence-electron chi connectivity index (χ3n) is 5.97. The predicted octanol–water partition coefficient (Wildman–Crippen LogP) is 5.43. The maximum atomic E-state index is 13.5. The van der Waals surface area contributed by atoms with Gasteiger partial charge in [0.25, 0.3) is 11.7 Å². The maximum Gasteiger partial charge on any atom is 0.300 e. The van der Waals surface area contributed by atoms with Crippen LogP contribution in [0.2, 0.25) is 0 Å². The van der Waals surface area contributed by atoms with Crippen LogP contribution in [-0.2, 0) is 9.59 Å². The highest BCUT2D eigenvalue weighted by Crippen LogP contribution is 2.46. The number of aryl methyl sites for hydroxylation is 1. The molecule has 3 aromatic carbocycles. The topological polar surface area (TPSA) is 85.3 Å². The van der Waals surface area contributed by atoms with Crippen molar-refractivity contribution in [3.63, 3.8) is 0 Å². The molecule has 1 aliphatic heterocycles. The van der Waals surface area contributed by atoms with Crippen molar-refractivity contribution in [3.05, 3.63) is 89.0 Å². The molecule has 1 unspecified atom stereocenters. The SMILES string of the molecule is COc1ccc(C)cc1/C(O)=C1\C(=O)C(=O)N(c2ccc(OC(C)C)cc2)C1c1ccccc1OC. The zero-order chi connectivity index (χ0) is 26.0. The summed E-state index contributed by atoms with van der Waals surface area (Å²) in [6, 6.07) is 18.4. The Morgan fingerprint density at radius 1 is 0.917 bits per heavy atom. The fourth-order valence-electron chi connectivity index (χ4n) is 4.39. The number of nitrogens with zero attached hydrogens (tertiary/aromatic N) is 1. The Labute approximate surface area is 210 Å². The van der Waals surface area contributed by atoms with Gasteiger partial charge in [0.15, 0.2) is 0 Å². The second kappa shape index (κ2) is 10.2. The largest absolute Gasteiger partial charge is 0.507 e. The number of para-hydroxylation sites is 1. The third kappa shape index (κ3) is 4.52. The summed E-state index contributed by atoms with van der Waals surface area (Å²) in [5.41, 5.74) is 2.20. The Morgan fingerprint density at radius 3 is 2.22 bits per heavy atom. The summed E-state index contributed by atoms with van der Waals surface area (Å²) in [7, 11) is 3.01. The number of carbonyl (C=O) groups excluding carboxylic acids is 2. The van der Waals surface area contributed by atoms with E-state index in [1.54, 1.807) is 60.7 Å². The number of anilines is 1. The number of hydrogen-bond donors (Lipinski definition) is 1. The van der Waals surface area contributed by atoms with E-state index in [2.05, 4.69) is 0 Å². The van der Waals surface area contributed by atoms with Crippen LogP contribution in [0, 0.1) is 6.92 Å². The van der Waals surface area contributed by atoms with Crippen molar-refractivity contribution in [3.8, 4) is 17.2 Å². The smallest absolute Gasteiger partial charge is 0.300 e. The molecule has 7 nitrogen and oxygen atoms in total. The Hall–Kier alpha value is -4.26. The number of amides is 1. The molecule has 0 bridgehead atoms. The van der Waals surface area contributed by atoms with Gasteiger partial charge in [0.05, 0.1) is 37.5 Å². The van der Waals surface area contributed by atoms with Gasteiger partial charge in [-0.2, -0.15) is 0 Å². The number of benzene rings is 3. The fourth-order valence-corrected chi connectivity index (χ4v) is 4.39. The van der Waals surface area contributed by atoms with Crippen molar-refractivity contribution in [2.24, 2.45) is 0 Å². The number of aliphatic hydroxyl groups is 1. The second-order valence-corrected chi connectivity index (χ2v) is 8.78. The fraction of sp³-hybridized carbons (Fsp3) is 0.241. The first-order valence-electron chi connectivity index (χ1n) is 11.6. The summed E-state index contributed by atoms with van der Waals surface area (Å²) in [5, 5.41) is 11.5. The molecular weight excluding hydrogens is 458 g/mol. The molecule has 1 fully saturated rings. The van der Waals surface area contributed by atoms with Crippen LogP contribution in [0.15, 0.2) is 72.3 Å². The van der Waals surface area contributed by atoms with Crippen LogP contribution in [-0.4, -0.2) is 37.1 Å². The van der Waals surface area contributed by atoms with E-state index in [0.717, 1.165) is 5.56 Å². The lowest BCUT2D eigenvalue weighted by molar-refractivity contribution is -0.132. The molecule has 0 aromatic heterocycles. The molecule has 1 amide bonds. The van der Waals surface area contributed by atoms with Gasteiger partial charge in [0.1, 0.15) is 23.0 Å². The first-order chi connectivity index (χ1) is 17.3. The van der Waals surface area contributed by atoms with Crippen molar-refractivity contribution in [1.82, 2.24) is 0 Å². The number of Topliss-reactive ketones (excluding diaryl/α,β-unsaturated/α-hetero) is 1. The van der Waals surface area contributed by atoms with Crippen LogP contribution in [0.4, 0.5) is 5.69 Å². The van der Waals surface area contributed by atoms with E-state index in [-0.39, 0.29) is 17.4 Å². The number of hydrogen-bond acceptors (Lipinski definition) is 6. The molecule has 1 N–H and O–H groups in total. The van der Waals surface area contributed by atoms with E-state index in [1.165, 1.54) is 19.1 Å². The van der Waals surface area contributed by atoms with E-state index in [1.807, 2.05) is 26.8 Å². The van der Waals surface area contributed by atoms with Crippen molar-refractivity contribution >= 4 is 23.1 Å². The van der Waals surface area contributed by atoms with Crippen molar-refractivity contribution in [1.29, 1.82) is 0 Å². The van der Waals surface area contributed by atoms with E-state index >= 15 is 0 Å².